The van der Waals surface area contributed by atoms with E-state index in [1.165, 1.54) is 0 Å². The van der Waals surface area contributed by atoms with Gasteiger partial charge in [0.25, 0.3) is 0 Å². The molecule has 2 rings (SSSR count). The van der Waals surface area contributed by atoms with Gasteiger partial charge in [0.2, 0.25) is 0 Å². The Morgan fingerprint density at radius 3 is 2.23 bits per heavy atom. The number of carboxylic acids is 1. The SMILES string of the molecule is CN1C2CCC1CC(O)(C(=O)O)C2. The second kappa shape index (κ2) is 2.69. The number of rotatable bonds is 1. The van der Waals surface area contributed by atoms with Crippen molar-refractivity contribution in [2.45, 2.75) is 43.4 Å². The van der Waals surface area contributed by atoms with Crippen LogP contribution in [0.2, 0.25) is 0 Å². The van der Waals surface area contributed by atoms with Gasteiger partial charge in [-0.3, -0.25) is 0 Å². The summed E-state index contributed by atoms with van der Waals surface area (Å²) in [4.78, 5) is 13.0. The van der Waals surface area contributed by atoms with Gasteiger partial charge in [-0.05, 0) is 19.9 Å². The molecular formula is C9H15NO3. The zero-order chi connectivity index (χ0) is 9.64. The molecule has 0 aliphatic carbocycles. The third-order valence-corrected chi connectivity index (χ3v) is 3.53. The fourth-order valence-corrected chi connectivity index (χ4v) is 2.62. The van der Waals surface area contributed by atoms with Gasteiger partial charge in [0, 0.05) is 24.9 Å². The van der Waals surface area contributed by atoms with Gasteiger partial charge in [-0.15, -0.1) is 0 Å². The highest BCUT2D eigenvalue weighted by atomic mass is 16.4. The van der Waals surface area contributed by atoms with Crippen LogP contribution in [-0.2, 0) is 4.79 Å². The van der Waals surface area contributed by atoms with Gasteiger partial charge in [0.05, 0.1) is 0 Å². The molecule has 2 fully saturated rings. The molecule has 4 nitrogen and oxygen atoms in total. The van der Waals surface area contributed by atoms with E-state index in [1.54, 1.807) is 0 Å². The summed E-state index contributed by atoms with van der Waals surface area (Å²) in [7, 11) is 2.02. The summed E-state index contributed by atoms with van der Waals surface area (Å²) < 4.78 is 0. The van der Waals surface area contributed by atoms with Crippen LogP contribution in [0.1, 0.15) is 25.7 Å². The van der Waals surface area contributed by atoms with Crippen LogP contribution in [0.15, 0.2) is 0 Å². The average molecular weight is 185 g/mol. The fourth-order valence-electron chi connectivity index (χ4n) is 2.62. The van der Waals surface area contributed by atoms with Crippen molar-refractivity contribution >= 4 is 5.97 Å². The molecule has 0 saturated carbocycles. The highest BCUT2D eigenvalue weighted by Crippen LogP contribution is 2.39. The van der Waals surface area contributed by atoms with Crippen LogP contribution in [0.3, 0.4) is 0 Å². The minimum absolute atomic E-state index is 0.264. The number of nitrogens with zero attached hydrogens (tertiary/aromatic N) is 1. The first-order chi connectivity index (χ1) is 6.03. The first kappa shape index (κ1) is 8.97. The molecular weight excluding hydrogens is 170 g/mol. The lowest BCUT2D eigenvalue weighted by atomic mass is 9.86. The Morgan fingerprint density at radius 2 is 1.85 bits per heavy atom. The molecule has 0 radical (unpaired) electrons. The van der Waals surface area contributed by atoms with Crippen LogP contribution in [0.5, 0.6) is 0 Å². The zero-order valence-electron chi connectivity index (χ0n) is 7.73. The van der Waals surface area contributed by atoms with Crippen molar-refractivity contribution in [2.75, 3.05) is 7.05 Å². The molecule has 2 heterocycles. The summed E-state index contributed by atoms with van der Waals surface area (Å²) in [6.07, 6.45) is 2.82. The van der Waals surface area contributed by atoms with Crippen LogP contribution < -0.4 is 0 Å². The predicted molar refractivity (Wildman–Crippen MR) is 46.4 cm³/mol. The number of carbonyl (C=O) groups is 1. The monoisotopic (exact) mass is 185 g/mol. The minimum atomic E-state index is -1.46. The molecule has 2 unspecified atom stereocenters. The van der Waals surface area contributed by atoms with Crippen molar-refractivity contribution in [3.8, 4) is 0 Å². The highest BCUT2D eigenvalue weighted by molar-refractivity contribution is 5.77. The van der Waals surface area contributed by atoms with Crippen LogP contribution in [0, 0.1) is 0 Å². The summed E-state index contributed by atoms with van der Waals surface area (Å²) in [5.41, 5.74) is -1.46. The average Bonchev–Trinajstić information content (AvgIpc) is 2.33. The van der Waals surface area contributed by atoms with Gasteiger partial charge in [-0.1, -0.05) is 0 Å². The largest absolute Gasteiger partial charge is 0.479 e. The Balaban J connectivity index is 2.19. The molecule has 2 N–H and O–H groups in total. The first-order valence-electron chi connectivity index (χ1n) is 4.71. The Hall–Kier alpha value is -0.610. The molecule has 0 aromatic carbocycles. The van der Waals surface area contributed by atoms with Crippen LogP contribution >= 0.6 is 0 Å². The molecule has 0 aromatic heterocycles. The summed E-state index contributed by atoms with van der Waals surface area (Å²) >= 11 is 0. The lowest BCUT2D eigenvalue weighted by Gasteiger charge is -2.39. The molecule has 0 spiro atoms. The van der Waals surface area contributed by atoms with Crippen molar-refractivity contribution in [3.63, 3.8) is 0 Å². The molecule has 4 heteroatoms. The smallest absolute Gasteiger partial charge is 0.335 e. The van der Waals surface area contributed by atoms with E-state index in [4.69, 9.17) is 5.11 Å². The van der Waals surface area contributed by atoms with Crippen molar-refractivity contribution in [1.82, 2.24) is 4.90 Å². The van der Waals surface area contributed by atoms with Gasteiger partial charge < -0.3 is 15.1 Å². The predicted octanol–water partition coefficient (Wildman–Crippen LogP) is 0.0587. The van der Waals surface area contributed by atoms with Crippen LogP contribution in [0.25, 0.3) is 0 Å². The quantitative estimate of drug-likeness (QED) is 0.606. The zero-order valence-corrected chi connectivity index (χ0v) is 7.73. The lowest BCUT2D eigenvalue weighted by Crippen LogP contribution is -2.53. The Labute approximate surface area is 77.2 Å². The maximum atomic E-state index is 10.8. The van der Waals surface area contributed by atoms with E-state index < -0.39 is 11.6 Å². The van der Waals surface area contributed by atoms with E-state index >= 15 is 0 Å². The molecule has 13 heavy (non-hydrogen) atoms. The number of piperidine rings is 1. The minimum Gasteiger partial charge on any atom is -0.479 e. The standard InChI is InChI=1S/C9H15NO3/c1-10-6-2-3-7(10)5-9(13,4-6)8(11)12/h6-7,13H,2-5H2,1H3,(H,11,12). The van der Waals surface area contributed by atoms with E-state index in [9.17, 15) is 9.90 Å². The van der Waals surface area contributed by atoms with Crippen molar-refractivity contribution in [3.05, 3.63) is 0 Å². The number of aliphatic hydroxyl groups is 1. The number of carboxylic acid groups (broad SMARTS) is 1. The van der Waals surface area contributed by atoms with Gasteiger partial charge in [-0.2, -0.15) is 0 Å². The summed E-state index contributed by atoms with van der Waals surface area (Å²) in [6.45, 7) is 0. The van der Waals surface area contributed by atoms with Crippen LogP contribution in [-0.4, -0.2) is 45.8 Å². The fraction of sp³-hybridized carbons (Fsp3) is 0.889. The maximum Gasteiger partial charge on any atom is 0.335 e. The molecule has 2 aliphatic heterocycles. The summed E-state index contributed by atoms with van der Waals surface area (Å²) in [5.74, 6) is -1.06. The number of hydrogen-bond donors (Lipinski definition) is 2. The third kappa shape index (κ3) is 1.25. The van der Waals surface area contributed by atoms with Gasteiger partial charge in [0.15, 0.2) is 5.60 Å². The summed E-state index contributed by atoms with van der Waals surface area (Å²) in [6, 6.07) is 0.527. The van der Waals surface area contributed by atoms with Crippen LogP contribution in [0.4, 0.5) is 0 Å². The van der Waals surface area contributed by atoms with E-state index in [2.05, 4.69) is 4.90 Å². The third-order valence-electron chi connectivity index (χ3n) is 3.53. The van der Waals surface area contributed by atoms with Crippen molar-refractivity contribution < 1.29 is 15.0 Å². The topological polar surface area (TPSA) is 60.8 Å². The van der Waals surface area contributed by atoms with E-state index in [-0.39, 0.29) is 12.1 Å². The molecule has 2 bridgehead atoms. The number of fused-ring (bicyclic) bond motifs is 2. The van der Waals surface area contributed by atoms with Crippen molar-refractivity contribution in [1.29, 1.82) is 0 Å². The molecule has 2 aliphatic rings. The van der Waals surface area contributed by atoms with E-state index in [1.807, 2.05) is 7.05 Å². The van der Waals surface area contributed by atoms with E-state index in [0.29, 0.717) is 12.8 Å². The Morgan fingerprint density at radius 1 is 1.38 bits per heavy atom. The number of aliphatic carboxylic acids is 1. The van der Waals surface area contributed by atoms with E-state index in [0.717, 1.165) is 12.8 Å². The normalized spacial score (nSPS) is 45.1. The highest BCUT2D eigenvalue weighted by Gasteiger charge is 2.50. The van der Waals surface area contributed by atoms with Gasteiger partial charge in [0.1, 0.15) is 0 Å². The molecule has 74 valence electrons. The van der Waals surface area contributed by atoms with Gasteiger partial charge in [-0.25, -0.2) is 4.79 Å². The van der Waals surface area contributed by atoms with Gasteiger partial charge >= 0.3 is 5.97 Å². The van der Waals surface area contributed by atoms with Crippen molar-refractivity contribution in [2.24, 2.45) is 0 Å². The number of hydrogen-bond acceptors (Lipinski definition) is 3. The first-order valence-corrected chi connectivity index (χ1v) is 4.71. The summed E-state index contributed by atoms with van der Waals surface area (Å²) in [5, 5.41) is 18.7. The molecule has 0 aromatic rings. The molecule has 0 amide bonds. The molecule has 2 atom stereocenters. The molecule has 2 saturated heterocycles. The second-order valence-electron chi connectivity index (χ2n) is 4.30. The maximum absolute atomic E-state index is 10.8. The Kier molecular flexibility index (Phi) is 1.85. The Bertz CT molecular complexity index is 227. The second-order valence-corrected chi connectivity index (χ2v) is 4.30. The lowest BCUT2D eigenvalue weighted by molar-refractivity contribution is -0.166.